The maximum Gasteiger partial charge on any atom is 0.273 e. The van der Waals surface area contributed by atoms with E-state index in [0.29, 0.717) is 30.3 Å². The molecular formula is C20H27N5O2S. The summed E-state index contributed by atoms with van der Waals surface area (Å²) in [5, 5.41) is 8.58. The maximum atomic E-state index is 12.9. The number of anilines is 2. The Balaban J connectivity index is 1.54. The minimum absolute atomic E-state index is 0.0231. The molecule has 3 rings (SSSR count). The Hall–Kier alpha value is -2.45. The molecule has 1 heterocycles. The van der Waals surface area contributed by atoms with Crippen LogP contribution in [0.4, 0.5) is 10.8 Å². The van der Waals surface area contributed by atoms with Crippen LogP contribution < -0.4 is 10.6 Å². The molecule has 8 heteroatoms. The summed E-state index contributed by atoms with van der Waals surface area (Å²) in [6.45, 7) is 1.84. The summed E-state index contributed by atoms with van der Waals surface area (Å²) >= 11 is 1.41. The van der Waals surface area contributed by atoms with E-state index in [1.54, 1.807) is 10.3 Å². The van der Waals surface area contributed by atoms with Gasteiger partial charge in [0.05, 0.1) is 0 Å². The van der Waals surface area contributed by atoms with E-state index in [4.69, 9.17) is 0 Å². The van der Waals surface area contributed by atoms with Gasteiger partial charge < -0.3 is 20.4 Å². The predicted octanol–water partition coefficient (Wildman–Crippen LogP) is 2.56. The van der Waals surface area contributed by atoms with Crippen molar-refractivity contribution in [1.29, 1.82) is 0 Å². The number of benzene rings is 1. The van der Waals surface area contributed by atoms with Crippen LogP contribution in [0.5, 0.6) is 0 Å². The van der Waals surface area contributed by atoms with Gasteiger partial charge in [0, 0.05) is 43.2 Å². The SMILES string of the molecule is CN(C)CCNC(=O)CCN(C(=O)c1csc(Nc2ccccc2)n1)C1CC1. The van der Waals surface area contributed by atoms with E-state index in [-0.39, 0.29) is 17.9 Å². The lowest BCUT2D eigenvalue weighted by Gasteiger charge is -2.21. The van der Waals surface area contributed by atoms with Crippen molar-refractivity contribution < 1.29 is 9.59 Å². The van der Waals surface area contributed by atoms with Crippen molar-refractivity contribution in [3.05, 3.63) is 41.4 Å². The van der Waals surface area contributed by atoms with Gasteiger partial charge in [-0.1, -0.05) is 18.2 Å². The van der Waals surface area contributed by atoms with Crippen molar-refractivity contribution in [2.24, 2.45) is 0 Å². The van der Waals surface area contributed by atoms with E-state index in [1.165, 1.54) is 11.3 Å². The highest BCUT2D eigenvalue weighted by Crippen LogP contribution is 2.29. The third kappa shape index (κ3) is 6.03. The van der Waals surface area contributed by atoms with E-state index in [2.05, 4.69) is 15.6 Å². The van der Waals surface area contributed by atoms with E-state index in [9.17, 15) is 9.59 Å². The van der Waals surface area contributed by atoms with Gasteiger partial charge in [-0.05, 0) is 39.1 Å². The zero-order chi connectivity index (χ0) is 19.9. The molecular weight excluding hydrogens is 374 g/mol. The maximum absolute atomic E-state index is 12.9. The molecule has 0 radical (unpaired) electrons. The number of thiazole rings is 1. The molecule has 2 N–H and O–H groups in total. The van der Waals surface area contributed by atoms with Gasteiger partial charge in [-0.3, -0.25) is 9.59 Å². The summed E-state index contributed by atoms with van der Waals surface area (Å²) in [6.07, 6.45) is 2.30. The number of likely N-dealkylation sites (N-methyl/N-ethyl adjacent to an activating group) is 1. The number of aromatic nitrogens is 1. The molecule has 0 spiro atoms. The van der Waals surface area contributed by atoms with Gasteiger partial charge >= 0.3 is 0 Å². The van der Waals surface area contributed by atoms with Crippen molar-refractivity contribution >= 4 is 34.0 Å². The molecule has 2 amide bonds. The third-order valence-electron chi connectivity index (χ3n) is 4.46. The minimum atomic E-state index is -0.0963. The first-order chi connectivity index (χ1) is 13.5. The molecule has 2 aromatic rings. The Morgan fingerprint density at radius 3 is 2.61 bits per heavy atom. The lowest BCUT2D eigenvalue weighted by molar-refractivity contribution is -0.121. The van der Waals surface area contributed by atoms with Gasteiger partial charge in [0.25, 0.3) is 5.91 Å². The molecule has 28 heavy (non-hydrogen) atoms. The topological polar surface area (TPSA) is 77.6 Å². The summed E-state index contributed by atoms with van der Waals surface area (Å²) in [7, 11) is 3.93. The number of hydrogen-bond donors (Lipinski definition) is 2. The van der Waals surface area contributed by atoms with Crippen molar-refractivity contribution in [2.75, 3.05) is 39.0 Å². The Labute approximate surface area is 169 Å². The van der Waals surface area contributed by atoms with E-state index < -0.39 is 0 Å². The number of carbonyl (C=O) groups is 2. The average molecular weight is 402 g/mol. The van der Waals surface area contributed by atoms with Crippen LogP contribution in [0, 0.1) is 0 Å². The molecule has 0 saturated heterocycles. The number of hydrogen-bond acceptors (Lipinski definition) is 6. The normalized spacial score (nSPS) is 13.4. The van der Waals surface area contributed by atoms with Gasteiger partial charge in [0.15, 0.2) is 5.13 Å². The Bertz CT molecular complexity index is 789. The number of carbonyl (C=O) groups excluding carboxylic acids is 2. The number of rotatable bonds is 10. The van der Waals surface area contributed by atoms with Crippen molar-refractivity contribution in [1.82, 2.24) is 20.1 Å². The van der Waals surface area contributed by atoms with E-state index in [1.807, 2.05) is 49.3 Å². The average Bonchev–Trinajstić information content (AvgIpc) is 3.40. The smallest absolute Gasteiger partial charge is 0.273 e. The minimum Gasteiger partial charge on any atom is -0.355 e. The van der Waals surface area contributed by atoms with Crippen molar-refractivity contribution in [3.8, 4) is 0 Å². The molecule has 1 saturated carbocycles. The summed E-state index contributed by atoms with van der Waals surface area (Å²) in [5.41, 5.74) is 1.37. The van der Waals surface area contributed by atoms with Crippen molar-refractivity contribution in [2.45, 2.75) is 25.3 Å². The zero-order valence-corrected chi connectivity index (χ0v) is 17.2. The van der Waals surface area contributed by atoms with Gasteiger partial charge in [-0.15, -0.1) is 11.3 Å². The van der Waals surface area contributed by atoms with Gasteiger partial charge in [-0.25, -0.2) is 4.98 Å². The first kappa shape index (κ1) is 20.3. The van der Waals surface area contributed by atoms with Crippen LogP contribution in [-0.2, 0) is 4.79 Å². The Morgan fingerprint density at radius 2 is 1.93 bits per heavy atom. The van der Waals surface area contributed by atoms with Crippen LogP contribution in [0.1, 0.15) is 29.8 Å². The molecule has 0 aliphatic heterocycles. The van der Waals surface area contributed by atoms with Crippen LogP contribution in [0.3, 0.4) is 0 Å². The van der Waals surface area contributed by atoms with Gasteiger partial charge in [0.1, 0.15) is 5.69 Å². The van der Waals surface area contributed by atoms with Crippen molar-refractivity contribution in [3.63, 3.8) is 0 Å². The fourth-order valence-electron chi connectivity index (χ4n) is 2.79. The van der Waals surface area contributed by atoms with Crippen LogP contribution >= 0.6 is 11.3 Å². The molecule has 1 aliphatic rings. The molecule has 1 aromatic heterocycles. The monoisotopic (exact) mass is 401 g/mol. The lowest BCUT2D eigenvalue weighted by atomic mass is 10.3. The molecule has 0 atom stereocenters. The first-order valence-electron chi connectivity index (χ1n) is 9.53. The highest BCUT2D eigenvalue weighted by atomic mass is 32.1. The number of nitrogens with one attached hydrogen (secondary N) is 2. The zero-order valence-electron chi connectivity index (χ0n) is 16.4. The fraction of sp³-hybridized carbons (Fsp3) is 0.450. The second-order valence-electron chi connectivity index (χ2n) is 7.16. The van der Waals surface area contributed by atoms with Crippen LogP contribution in [0.15, 0.2) is 35.7 Å². The summed E-state index contributed by atoms with van der Waals surface area (Å²) in [5.74, 6) is -0.119. The van der Waals surface area contributed by atoms with Crippen LogP contribution in [0.25, 0.3) is 0 Å². The molecule has 0 unspecified atom stereocenters. The lowest BCUT2D eigenvalue weighted by Crippen LogP contribution is -2.38. The highest BCUT2D eigenvalue weighted by Gasteiger charge is 2.34. The summed E-state index contributed by atoms with van der Waals surface area (Å²) in [4.78, 5) is 33.2. The quantitative estimate of drug-likeness (QED) is 0.640. The fourth-order valence-corrected chi connectivity index (χ4v) is 3.49. The number of amides is 2. The third-order valence-corrected chi connectivity index (χ3v) is 5.22. The standard InChI is InChI=1S/C20H27N5O2S/c1-24(2)13-11-21-18(26)10-12-25(16-8-9-16)19(27)17-14-28-20(23-17)22-15-6-4-3-5-7-15/h3-7,14,16H,8-13H2,1-2H3,(H,21,26)(H,22,23). The highest BCUT2D eigenvalue weighted by molar-refractivity contribution is 7.14. The van der Waals surface area contributed by atoms with Gasteiger partial charge in [0.2, 0.25) is 5.91 Å². The molecule has 150 valence electrons. The van der Waals surface area contributed by atoms with Crippen LogP contribution in [-0.4, -0.2) is 66.4 Å². The first-order valence-corrected chi connectivity index (χ1v) is 10.4. The Morgan fingerprint density at radius 1 is 1.18 bits per heavy atom. The van der Waals surface area contributed by atoms with Crippen LogP contribution in [0.2, 0.25) is 0 Å². The molecule has 1 aliphatic carbocycles. The largest absolute Gasteiger partial charge is 0.355 e. The summed E-state index contributed by atoms with van der Waals surface area (Å²) in [6, 6.07) is 9.98. The second kappa shape index (κ2) is 9.66. The predicted molar refractivity (Wildman–Crippen MR) is 112 cm³/mol. The number of para-hydroxylation sites is 1. The van der Waals surface area contributed by atoms with E-state index >= 15 is 0 Å². The second-order valence-corrected chi connectivity index (χ2v) is 8.02. The van der Waals surface area contributed by atoms with Gasteiger partial charge in [-0.2, -0.15) is 0 Å². The molecule has 7 nitrogen and oxygen atoms in total. The van der Waals surface area contributed by atoms with E-state index in [0.717, 1.165) is 25.1 Å². The molecule has 1 fully saturated rings. The Kier molecular flexibility index (Phi) is 7.00. The molecule has 1 aromatic carbocycles. The number of nitrogens with zero attached hydrogens (tertiary/aromatic N) is 3. The summed E-state index contributed by atoms with van der Waals surface area (Å²) < 4.78 is 0. The molecule has 0 bridgehead atoms.